The van der Waals surface area contributed by atoms with Crippen molar-refractivity contribution in [3.63, 3.8) is 0 Å². The molecule has 5 rings (SSSR count). The Kier molecular flexibility index (Phi) is 6.38. The van der Waals surface area contributed by atoms with E-state index in [2.05, 4.69) is 4.98 Å². The predicted octanol–water partition coefficient (Wildman–Crippen LogP) is 3.89. The number of hydrogen-bond acceptors (Lipinski definition) is 6. The number of piperidine rings is 1. The number of methoxy groups -OCH3 is 2. The number of aromatic nitrogens is 2. The number of likely N-dealkylation sites (tertiary alicyclic amines) is 1. The Morgan fingerprint density at radius 3 is 2.44 bits per heavy atom. The minimum atomic E-state index is -0.519. The molecule has 1 amide bonds. The third kappa shape index (κ3) is 4.45. The number of carbonyl (C=O) groups excluding carboxylic acids is 1. The molecular weight excluding hydrogens is 458 g/mol. The lowest BCUT2D eigenvalue weighted by atomic mass is 9.91. The van der Waals surface area contributed by atoms with Crippen molar-refractivity contribution < 1.29 is 23.7 Å². The quantitative estimate of drug-likeness (QED) is 0.527. The third-order valence-corrected chi connectivity index (χ3v) is 6.93. The van der Waals surface area contributed by atoms with Crippen molar-refractivity contribution in [2.75, 3.05) is 40.5 Å². The van der Waals surface area contributed by atoms with Gasteiger partial charge in [-0.3, -0.25) is 4.79 Å². The molecule has 2 aromatic heterocycles. The lowest BCUT2D eigenvalue weighted by Gasteiger charge is -2.38. The van der Waals surface area contributed by atoms with Crippen LogP contribution >= 0.6 is 11.6 Å². The summed E-state index contributed by atoms with van der Waals surface area (Å²) in [4.78, 5) is 20.0. The first-order chi connectivity index (χ1) is 16.5. The number of imidazole rings is 1. The average molecular weight is 486 g/mol. The van der Waals surface area contributed by atoms with Crippen molar-refractivity contribution >= 4 is 23.2 Å². The maximum atomic E-state index is 13.5. The number of amides is 1. The van der Waals surface area contributed by atoms with E-state index in [1.165, 1.54) is 0 Å². The van der Waals surface area contributed by atoms with Gasteiger partial charge in [-0.1, -0.05) is 11.6 Å². The Bertz CT molecular complexity index is 1160. The third-order valence-electron chi connectivity index (χ3n) is 6.70. The Morgan fingerprint density at radius 1 is 1.12 bits per heavy atom. The number of pyridine rings is 1. The van der Waals surface area contributed by atoms with E-state index in [0.29, 0.717) is 55.7 Å². The molecule has 2 aliphatic rings. The van der Waals surface area contributed by atoms with E-state index in [1.807, 2.05) is 39.8 Å². The first kappa shape index (κ1) is 23.0. The van der Waals surface area contributed by atoms with Gasteiger partial charge in [0.2, 0.25) is 5.91 Å². The second-order valence-electron chi connectivity index (χ2n) is 8.65. The molecule has 1 atom stereocenters. The van der Waals surface area contributed by atoms with Gasteiger partial charge in [0.05, 0.1) is 38.1 Å². The lowest BCUT2D eigenvalue weighted by Crippen LogP contribution is -2.47. The topological polar surface area (TPSA) is 74.5 Å². The molecule has 0 bridgehead atoms. The summed E-state index contributed by atoms with van der Waals surface area (Å²) in [6.45, 7) is 2.44. The summed E-state index contributed by atoms with van der Waals surface area (Å²) in [5, 5.41) is 0.595. The normalized spacial score (nSPS) is 18.4. The van der Waals surface area contributed by atoms with E-state index < -0.39 is 5.79 Å². The summed E-state index contributed by atoms with van der Waals surface area (Å²) < 4.78 is 24.6. The molecule has 0 aliphatic carbocycles. The van der Waals surface area contributed by atoms with Crippen LogP contribution in [0.5, 0.6) is 11.5 Å². The Hall–Kier alpha value is -2.81. The number of carbonyl (C=O) groups is 1. The maximum absolute atomic E-state index is 13.5. The standard InChI is InChI=1S/C25H28ClN3O5/c1-31-19-11-17(12-20(13-19)32-2)21(22-15-27-23-4-3-18(26)16-29(22)23)14-24(30)28-7-5-25(6-8-28)33-9-10-34-25/h3-4,11-13,15-16,21H,5-10,14H2,1-2H3. The number of fused-ring (bicyclic) bond motifs is 1. The van der Waals surface area contributed by atoms with Crippen LogP contribution in [0.15, 0.2) is 42.7 Å². The second kappa shape index (κ2) is 9.44. The summed E-state index contributed by atoms with van der Waals surface area (Å²) in [6, 6.07) is 9.37. The van der Waals surface area contributed by atoms with Crippen LogP contribution in [-0.2, 0) is 14.3 Å². The summed E-state index contributed by atoms with van der Waals surface area (Å²) in [5.41, 5.74) is 2.54. The van der Waals surface area contributed by atoms with Crippen molar-refractivity contribution in [2.24, 2.45) is 0 Å². The van der Waals surface area contributed by atoms with E-state index in [0.717, 1.165) is 16.9 Å². The van der Waals surface area contributed by atoms with Crippen LogP contribution in [0.25, 0.3) is 5.65 Å². The van der Waals surface area contributed by atoms with E-state index >= 15 is 0 Å². The zero-order chi connectivity index (χ0) is 23.7. The van der Waals surface area contributed by atoms with Gasteiger partial charge in [-0.15, -0.1) is 0 Å². The minimum Gasteiger partial charge on any atom is -0.497 e. The maximum Gasteiger partial charge on any atom is 0.223 e. The van der Waals surface area contributed by atoms with Gasteiger partial charge in [0.1, 0.15) is 17.1 Å². The molecule has 2 fully saturated rings. The van der Waals surface area contributed by atoms with Crippen molar-refractivity contribution in [2.45, 2.75) is 31.0 Å². The molecule has 1 unspecified atom stereocenters. The van der Waals surface area contributed by atoms with Crippen molar-refractivity contribution in [1.29, 1.82) is 0 Å². The van der Waals surface area contributed by atoms with E-state index in [4.69, 9.17) is 30.5 Å². The van der Waals surface area contributed by atoms with Gasteiger partial charge < -0.3 is 28.2 Å². The fourth-order valence-electron chi connectivity index (χ4n) is 4.84. The van der Waals surface area contributed by atoms with Crippen molar-refractivity contribution in [3.8, 4) is 11.5 Å². The number of halogens is 1. The van der Waals surface area contributed by atoms with Crippen LogP contribution in [0.2, 0.25) is 5.02 Å². The van der Waals surface area contributed by atoms with E-state index in [-0.39, 0.29) is 18.2 Å². The molecule has 0 N–H and O–H groups in total. The highest BCUT2D eigenvalue weighted by molar-refractivity contribution is 6.30. The monoisotopic (exact) mass is 485 g/mol. The number of rotatable bonds is 6. The molecular formula is C25H28ClN3O5. The first-order valence-corrected chi connectivity index (χ1v) is 11.8. The minimum absolute atomic E-state index is 0.0663. The molecule has 8 nitrogen and oxygen atoms in total. The molecule has 9 heteroatoms. The van der Waals surface area contributed by atoms with Gasteiger partial charge in [-0.25, -0.2) is 4.98 Å². The summed E-state index contributed by atoms with van der Waals surface area (Å²) in [7, 11) is 3.23. The molecule has 180 valence electrons. The Morgan fingerprint density at radius 2 is 1.79 bits per heavy atom. The van der Waals surface area contributed by atoms with Crippen molar-refractivity contribution in [1.82, 2.24) is 14.3 Å². The molecule has 0 saturated carbocycles. The highest BCUT2D eigenvalue weighted by Crippen LogP contribution is 2.36. The Labute approximate surface area is 203 Å². The van der Waals surface area contributed by atoms with Crippen molar-refractivity contribution in [3.05, 3.63) is 59.0 Å². The molecule has 2 saturated heterocycles. The van der Waals surface area contributed by atoms with Gasteiger partial charge in [0.15, 0.2) is 5.79 Å². The molecule has 3 aromatic rings. The SMILES string of the molecule is COc1cc(OC)cc(C(CC(=O)N2CCC3(CC2)OCCO3)c2cnc3ccc(Cl)cn23)c1. The molecule has 0 radical (unpaired) electrons. The molecule has 2 aliphatic heterocycles. The number of nitrogens with zero attached hydrogens (tertiary/aromatic N) is 3. The van der Waals surface area contributed by atoms with Gasteiger partial charge in [0, 0.05) is 56.7 Å². The van der Waals surface area contributed by atoms with Crippen LogP contribution in [-0.4, -0.2) is 66.5 Å². The highest BCUT2D eigenvalue weighted by atomic mass is 35.5. The van der Waals surface area contributed by atoms with Crippen LogP contribution < -0.4 is 9.47 Å². The summed E-state index contributed by atoms with van der Waals surface area (Å²) >= 11 is 6.29. The smallest absolute Gasteiger partial charge is 0.223 e. The fraction of sp³-hybridized carbons (Fsp3) is 0.440. The predicted molar refractivity (Wildman–Crippen MR) is 127 cm³/mol. The molecule has 34 heavy (non-hydrogen) atoms. The summed E-state index contributed by atoms with van der Waals surface area (Å²) in [5.74, 6) is 0.592. The molecule has 1 aromatic carbocycles. The van der Waals surface area contributed by atoms with Gasteiger partial charge in [0.25, 0.3) is 0 Å². The van der Waals surface area contributed by atoms with Gasteiger partial charge >= 0.3 is 0 Å². The van der Waals surface area contributed by atoms with Crippen LogP contribution in [0.1, 0.15) is 36.4 Å². The second-order valence-corrected chi connectivity index (χ2v) is 9.09. The largest absolute Gasteiger partial charge is 0.497 e. The lowest BCUT2D eigenvalue weighted by molar-refractivity contribution is -0.187. The average Bonchev–Trinajstić information content (AvgIpc) is 3.49. The Balaban J connectivity index is 1.47. The highest BCUT2D eigenvalue weighted by Gasteiger charge is 2.41. The number of hydrogen-bond donors (Lipinski definition) is 0. The van der Waals surface area contributed by atoms with Gasteiger partial charge in [-0.2, -0.15) is 0 Å². The fourth-order valence-corrected chi connectivity index (χ4v) is 5.00. The molecule has 1 spiro atoms. The van der Waals surface area contributed by atoms with E-state index in [1.54, 1.807) is 26.5 Å². The van der Waals surface area contributed by atoms with Crippen LogP contribution in [0.3, 0.4) is 0 Å². The summed E-state index contributed by atoms with van der Waals surface area (Å²) in [6.07, 6.45) is 5.27. The number of benzene rings is 1. The zero-order valence-electron chi connectivity index (χ0n) is 19.3. The van der Waals surface area contributed by atoms with Gasteiger partial charge in [-0.05, 0) is 29.8 Å². The van der Waals surface area contributed by atoms with Crippen LogP contribution in [0.4, 0.5) is 0 Å². The zero-order valence-corrected chi connectivity index (χ0v) is 20.1. The van der Waals surface area contributed by atoms with Crippen LogP contribution in [0, 0.1) is 0 Å². The number of ether oxygens (including phenoxy) is 4. The van der Waals surface area contributed by atoms with E-state index in [9.17, 15) is 4.79 Å². The molecule has 4 heterocycles. The first-order valence-electron chi connectivity index (χ1n) is 11.4.